The molecule has 1 aliphatic rings. The van der Waals surface area contributed by atoms with Gasteiger partial charge >= 0.3 is 0 Å². The molecule has 0 N–H and O–H groups in total. The number of hydrogen-bond donors (Lipinski definition) is 0. The lowest BCUT2D eigenvalue weighted by molar-refractivity contribution is 1.14. The van der Waals surface area contributed by atoms with E-state index < -0.39 is 8.80 Å². The fraction of sp³-hybridized carbons (Fsp3) is 0.333. The minimum absolute atomic E-state index is 1.15. The molecular weight excluding hydrogens is 316 g/mol. The molecule has 0 amide bonds. The summed E-state index contributed by atoms with van der Waals surface area (Å²) in [5, 5.41) is 4.80. The largest absolute Gasteiger partial charge is 0.133 e. The molecule has 0 saturated carbocycles. The molecule has 0 bridgehead atoms. The fourth-order valence-corrected chi connectivity index (χ4v) is 8.56. The van der Waals surface area contributed by atoms with Crippen LogP contribution in [0.2, 0.25) is 0 Å². The van der Waals surface area contributed by atoms with Gasteiger partial charge in [-0.15, -0.1) is 0 Å². The van der Waals surface area contributed by atoms with E-state index in [1.165, 1.54) is 22.3 Å². The summed E-state index contributed by atoms with van der Waals surface area (Å²) in [4.78, 5) is 0. The maximum absolute atomic E-state index is 2.43. The van der Waals surface area contributed by atoms with E-state index in [-0.39, 0.29) is 0 Å². The molecule has 3 rings (SSSR count). The standard InChI is InChI=1S/C24H30Si/c1-15-8-16(2)11-22(10-15)25(23-12-17(3)9-18(4)13-23)24-20(6)14-19(5)21(24)7/h8-13,25H,14H2,1-7H3. The Bertz CT molecular complexity index is 804. The quantitative estimate of drug-likeness (QED) is 0.696. The Morgan fingerprint density at radius 1 is 0.560 bits per heavy atom. The molecule has 130 valence electrons. The first-order chi connectivity index (χ1) is 11.8. The van der Waals surface area contributed by atoms with E-state index in [0.29, 0.717) is 0 Å². The lowest BCUT2D eigenvalue weighted by Crippen LogP contribution is -2.45. The minimum Gasteiger partial charge on any atom is -0.0692 e. The Labute approximate surface area is 154 Å². The van der Waals surface area contributed by atoms with E-state index in [9.17, 15) is 0 Å². The van der Waals surface area contributed by atoms with Gasteiger partial charge in [-0.2, -0.15) is 0 Å². The third-order valence-corrected chi connectivity index (χ3v) is 8.98. The van der Waals surface area contributed by atoms with Gasteiger partial charge < -0.3 is 0 Å². The zero-order chi connectivity index (χ0) is 18.3. The molecule has 0 saturated heterocycles. The van der Waals surface area contributed by atoms with Crippen LogP contribution in [-0.4, -0.2) is 8.80 Å². The Kier molecular flexibility index (Phi) is 4.88. The van der Waals surface area contributed by atoms with Crippen molar-refractivity contribution in [2.45, 2.75) is 54.9 Å². The van der Waals surface area contributed by atoms with Crippen LogP contribution in [0.15, 0.2) is 58.3 Å². The SMILES string of the molecule is CC1=C(C)C([SiH](c2cc(C)cc(C)c2)c2cc(C)cc(C)c2)=C(C)C1. The number of aryl methyl sites for hydroxylation is 4. The van der Waals surface area contributed by atoms with Gasteiger partial charge in [-0.05, 0) is 54.9 Å². The Balaban J connectivity index is 2.27. The van der Waals surface area contributed by atoms with Crippen molar-refractivity contribution in [1.82, 2.24) is 0 Å². The van der Waals surface area contributed by atoms with Crippen LogP contribution in [-0.2, 0) is 0 Å². The number of benzene rings is 2. The van der Waals surface area contributed by atoms with Crippen LogP contribution in [0.25, 0.3) is 0 Å². The molecule has 1 heteroatoms. The van der Waals surface area contributed by atoms with Gasteiger partial charge in [0.1, 0.15) is 8.80 Å². The zero-order valence-electron chi connectivity index (χ0n) is 16.7. The van der Waals surface area contributed by atoms with Crippen molar-refractivity contribution in [3.8, 4) is 0 Å². The first kappa shape index (κ1) is 17.9. The monoisotopic (exact) mass is 346 g/mol. The van der Waals surface area contributed by atoms with Crippen molar-refractivity contribution in [3.05, 3.63) is 80.6 Å². The van der Waals surface area contributed by atoms with Crippen molar-refractivity contribution >= 4 is 19.2 Å². The maximum Gasteiger partial charge on any atom is 0.133 e. The summed E-state index contributed by atoms with van der Waals surface area (Å²) in [7, 11) is -1.45. The van der Waals surface area contributed by atoms with Crippen LogP contribution in [0.5, 0.6) is 0 Å². The molecule has 0 heterocycles. The molecule has 2 aromatic rings. The van der Waals surface area contributed by atoms with E-state index in [4.69, 9.17) is 0 Å². The highest BCUT2D eigenvalue weighted by molar-refractivity contribution is 6.91. The minimum atomic E-state index is -1.45. The summed E-state index contributed by atoms with van der Waals surface area (Å²) in [5.41, 5.74) is 10.2. The predicted molar refractivity (Wildman–Crippen MR) is 114 cm³/mol. The number of allylic oxidation sites excluding steroid dienone is 4. The number of hydrogen-bond acceptors (Lipinski definition) is 0. The highest BCUT2D eigenvalue weighted by Gasteiger charge is 2.28. The van der Waals surface area contributed by atoms with Gasteiger partial charge in [0.25, 0.3) is 0 Å². The lowest BCUT2D eigenvalue weighted by Gasteiger charge is -2.23. The Hall–Kier alpha value is -1.86. The summed E-state index contributed by atoms with van der Waals surface area (Å²) in [6.07, 6.45) is 1.15. The summed E-state index contributed by atoms with van der Waals surface area (Å²) >= 11 is 0. The van der Waals surface area contributed by atoms with Crippen LogP contribution in [0.3, 0.4) is 0 Å². The molecule has 0 fully saturated rings. The summed E-state index contributed by atoms with van der Waals surface area (Å²) < 4.78 is 0. The molecule has 0 atom stereocenters. The van der Waals surface area contributed by atoms with Crippen molar-refractivity contribution in [2.75, 3.05) is 0 Å². The van der Waals surface area contributed by atoms with Crippen molar-refractivity contribution in [2.24, 2.45) is 0 Å². The van der Waals surface area contributed by atoms with Crippen LogP contribution < -0.4 is 10.4 Å². The summed E-state index contributed by atoms with van der Waals surface area (Å²) in [6.45, 7) is 15.9. The third-order valence-electron chi connectivity index (χ3n) is 5.48. The predicted octanol–water partition coefficient (Wildman–Crippen LogP) is 4.86. The number of rotatable bonds is 3. The van der Waals surface area contributed by atoms with Gasteiger partial charge in [0.2, 0.25) is 0 Å². The van der Waals surface area contributed by atoms with Crippen LogP contribution in [0.4, 0.5) is 0 Å². The molecule has 0 unspecified atom stereocenters. The third kappa shape index (κ3) is 3.57. The van der Waals surface area contributed by atoms with E-state index in [2.05, 4.69) is 84.9 Å². The smallest absolute Gasteiger partial charge is 0.0692 e. The lowest BCUT2D eigenvalue weighted by atomic mass is 10.1. The molecule has 25 heavy (non-hydrogen) atoms. The second-order valence-corrected chi connectivity index (χ2v) is 10.8. The van der Waals surface area contributed by atoms with Gasteiger partial charge in [0.15, 0.2) is 0 Å². The van der Waals surface area contributed by atoms with Crippen molar-refractivity contribution < 1.29 is 0 Å². The average Bonchev–Trinajstić information content (AvgIpc) is 2.72. The Morgan fingerprint density at radius 3 is 1.28 bits per heavy atom. The van der Waals surface area contributed by atoms with Gasteiger partial charge in [-0.3, -0.25) is 0 Å². The fourth-order valence-electron chi connectivity index (χ4n) is 4.52. The molecule has 0 aromatic heterocycles. The van der Waals surface area contributed by atoms with E-state index in [1.807, 2.05) is 0 Å². The first-order valence-electron chi connectivity index (χ1n) is 9.29. The highest BCUT2D eigenvalue weighted by atomic mass is 28.3. The van der Waals surface area contributed by atoms with Gasteiger partial charge in [0.05, 0.1) is 0 Å². The van der Waals surface area contributed by atoms with Crippen molar-refractivity contribution in [1.29, 1.82) is 0 Å². The molecule has 0 aliphatic heterocycles. The molecular formula is C24H30Si. The highest BCUT2D eigenvalue weighted by Crippen LogP contribution is 2.33. The van der Waals surface area contributed by atoms with Gasteiger partial charge in [-0.25, -0.2) is 0 Å². The molecule has 0 spiro atoms. The van der Waals surface area contributed by atoms with E-state index in [1.54, 1.807) is 32.3 Å². The van der Waals surface area contributed by atoms with Crippen LogP contribution in [0.1, 0.15) is 49.4 Å². The molecule has 2 aromatic carbocycles. The molecule has 1 aliphatic carbocycles. The average molecular weight is 347 g/mol. The summed E-state index contributed by atoms with van der Waals surface area (Å²) in [5.74, 6) is 0. The molecule has 0 nitrogen and oxygen atoms in total. The summed E-state index contributed by atoms with van der Waals surface area (Å²) in [6, 6.07) is 14.3. The van der Waals surface area contributed by atoms with Crippen LogP contribution in [0, 0.1) is 27.7 Å². The van der Waals surface area contributed by atoms with E-state index in [0.717, 1.165) is 6.42 Å². The zero-order valence-corrected chi connectivity index (χ0v) is 17.9. The normalized spacial score (nSPS) is 14.9. The molecule has 0 radical (unpaired) electrons. The van der Waals surface area contributed by atoms with E-state index >= 15 is 0 Å². The van der Waals surface area contributed by atoms with Gasteiger partial charge in [0, 0.05) is 0 Å². The van der Waals surface area contributed by atoms with Crippen molar-refractivity contribution in [3.63, 3.8) is 0 Å². The Morgan fingerprint density at radius 2 is 0.960 bits per heavy atom. The van der Waals surface area contributed by atoms with Crippen LogP contribution >= 0.6 is 0 Å². The van der Waals surface area contributed by atoms with Gasteiger partial charge in [-0.1, -0.05) is 90.9 Å². The second kappa shape index (κ2) is 6.80. The first-order valence-corrected chi connectivity index (χ1v) is 11.0. The maximum atomic E-state index is 2.43. The second-order valence-electron chi connectivity index (χ2n) is 8.05. The topological polar surface area (TPSA) is 0 Å².